The number of H-pyrrole nitrogens is 1. The van der Waals surface area contributed by atoms with Crippen LogP contribution in [0.15, 0.2) is 27.9 Å². The van der Waals surface area contributed by atoms with Gasteiger partial charge < -0.3 is 19.2 Å². The van der Waals surface area contributed by atoms with Gasteiger partial charge in [0.05, 0.1) is 36.5 Å². The van der Waals surface area contributed by atoms with E-state index in [9.17, 15) is 13.2 Å². The van der Waals surface area contributed by atoms with Crippen LogP contribution in [-0.4, -0.2) is 71.7 Å². The molecule has 1 saturated carbocycles. The summed E-state index contributed by atoms with van der Waals surface area (Å²) in [6, 6.07) is 4.64. The van der Waals surface area contributed by atoms with Gasteiger partial charge in [0.2, 0.25) is 10.0 Å². The molecule has 2 saturated heterocycles. The number of rotatable bonds is 5. The van der Waals surface area contributed by atoms with Crippen LogP contribution in [-0.2, 0) is 26.5 Å². The average molecular weight is 544 g/mol. The molecule has 11 nitrogen and oxygen atoms in total. The number of methoxy groups -OCH3 is 1. The summed E-state index contributed by atoms with van der Waals surface area (Å²) in [5.74, 6) is 0.208. The van der Waals surface area contributed by atoms with Gasteiger partial charge in [-0.2, -0.15) is 9.40 Å². The van der Waals surface area contributed by atoms with E-state index in [0.29, 0.717) is 67.3 Å². The highest BCUT2D eigenvalue weighted by Crippen LogP contribution is 2.37. The largest absolute Gasteiger partial charge is 0.496 e. The fraction of sp³-hybridized carbons (Fsp3) is 0.577. The summed E-state index contributed by atoms with van der Waals surface area (Å²) in [5.41, 5.74) is 1.56. The van der Waals surface area contributed by atoms with Crippen LogP contribution in [0.4, 0.5) is 0 Å². The Morgan fingerprint density at radius 3 is 2.50 bits per heavy atom. The molecule has 3 fully saturated rings. The van der Waals surface area contributed by atoms with Crippen LogP contribution >= 0.6 is 0 Å². The summed E-state index contributed by atoms with van der Waals surface area (Å²) >= 11 is 0. The summed E-state index contributed by atoms with van der Waals surface area (Å²) in [5, 5.41) is 5.20. The minimum atomic E-state index is -3.76. The lowest BCUT2D eigenvalue weighted by atomic mass is 9.86. The van der Waals surface area contributed by atoms with Crippen LogP contribution in [0.25, 0.3) is 22.4 Å². The standard InChI is InChI=1S/C26H33N5O6S/c1-30-24-21(22(29-30)17-6-4-3-5-7-17)25(32)28-23(27-24)19-9-8-18(16-20(19)35-2)38(33,34)31-12-10-26(11-13-31)36-14-15-37-26/h8-9,16-17H,3-7,10-15H2,1-2H3,(H,27,28,32). The van der Waals surface area contributed by atoms with E-state index in [1.165, 1.54) is 30.0 Å². The Labute approximate surface area is 221 Å². The number of aryl methyl sites for hydroxylation is 1. The summed E-state index contributed by atoms with van der Waals surface area (Å²) in [6.07, 6.45) is 6.51. The smallest absolute Gasteiger partial charge is 0.262 e. The molecule has 1 aliphatic carbocycles. The van der Waals surface area contributed by atoms with E-state index in [2.05, 4.69) is 10.1 Å². The number of hydrogen-bond donors (Lipinski definition) is 1. The van der Waals surface area contributed by atoms with Crippen LogP contribution in [0, 0.1) is 0 Å². The van der Waals surface area contributed by atoms with Crippen molar-refractivity contribution in [3.8, 4) is 17.1 Å². The quantitative estimate of drug-likeness (QED) is 0.520. The highest BCUT2D eigenvalue weighted by molar-refractivity contribution is 7.89. The second-order valence-electron chi connectivity index (χ2n) is 10.3. The molecule has 1 aromatic carbocycles. The zero-order valence-electron chi connectivity index (χ0n) is 21.7. The molecule has 1 N–H and O–H groups in total. The number of fused-ring (bicyclic) bond motifs is 1. The number of nitrogens with one attached hydrogen (secondary N) is 1. The molecule has 1 spiro atoms. The van der Waals surface area contributed by atoms with Crippen molar-refractivity contribution in [2.45, 2.75) is 61.5 Å². The van der Waals surface area contributed by atoms with Crippen molar-refractivity contribution in [2.75, 3.05) is 33.4 Å². The van der Waals surface area contributed by atoms with Crippen molar-refractivity contribution < 1.29 is 22.6 Å². The maximum absolute atomic E-state index is 13.4. The summed E-state index contributed by atoms with van der Waals surface area (Å²) in [4.78, 5) is 21.0. The second-order valence-corrected chi connectivity index (χ2v) is 12.3. The first-order valence-electron chi connectivity index (χ1n) is 13.2. The van der Waals surface area contributed by atoms with Crippen molar-refractivity contribution in [3.63, 3.8) is 0 Å². The zero-order chi connectivity index (χ0) is 26.5. The Hall–Kier alpha value is -2.80. The highest BCUT2D eigenvalue weighted by atomic mass is 32.2. The van der Waals surface area contributed by atoms with Gasteiger partial charge in [-0.25, -0.2) is 18.1 Å². The molecule has 204 valence electrons. The number of aromatic nitrogens is 4. The molecule has 0 atom stereocenters. The molecule has 12 heteroatoms. The third-order valence-corrected chi connectivity index (χ3v) is 9.97. The SMILES string of the molecule is COc1cc(S(=O)(=O)N2CCC3(CC2)OCCO3)ccc1-c1nc2c(c(C3CCCCC3)nn2C)c(=O)[nH]1. The molecule has 2 aromatic heterocycles. The third kappa shape index (κ3) is 4.33. The van der Waals surface area contributed by atoms with Crippen molar-refractivity contribution in [2.24, 2.45) is 7.05 Å². The minimum absolute atomic E-state index is 0.117. The van der Waals surface area contributed by atoms with Crippen LogP contribution in [0.1, 0.15) is 56.6 Å². The predicted octanol–water partition coefficient (Wildman–Crippen LogP) is 2.91. The van der Waals surface area contributed by atoms with E-state index in [1.807, 2.05) is 0 Å². The van der Waals surface area contributed by atoms with Gasteiger partial charge in [0, 0.05) is 45.0 Å². The van der Waals surface area contributed by atoms with Crippen molar-refractivity contribution in [1.29, 1.82) is 0 Å². The lowest BCUT2D eigenvalue weighted by molar-refractivity contribution is -0.179. The van der Waals surface area contributed by atoms with Gasteiger partial charge >= 0.3 is 0 Å². The molecular weight excluding hydrogens is 510 g/mol. The van der Waals surface area contributed by atoms with E-state index in [0.717, 1.165) is 31.4 Å². The van der Waals surface area contributed by atoms with Gasteiger partial charge in [-0.1, -0.05) is 19.3 Å². The zero-order valence-corrected chi connectivity index (χ0v) is 22.6. The maximum atomic E-state index is 13.4. The van der Waals surface area contributed by atoms with Crippen LogP contribution < -0.4 is 10.3 Å². The second kappa shape index (κ2) is 9.74. The van der Waals surface area contributed by atoms with Gasteiger partial charge in [-0.3, -0.25) is 4.79 Å². The van der Waals surface area contributed by atoms with E-state index < -0.39 is 15.8 Å². The number of ether oxygens (including phenoxy) is 3. The number of aromatic amines is 1. The Kier molecular flexibility index (Phi) is 6.53. The molecule has 3 aromatic rings. The van der Waals surface area contributed by atoms with Crippen molar-refractivity contribution in [3.05, 3.63) is 34.2 Å². The van der Waals surface area contributed by atoms with Crippen LogP contribution in [0.2, 0.25) is 0 Å². The van der Waals surface area contributed by atoms with Gasteiger partial charge in [0.1, 0.15) is 17.0 Å². The number of nitrogens with zero attached hydrogens (tertiary/aromatic N) is 4. The topological polar surface area (TPSA) is 129 Å². The third-order valence-electron chi connectivity index (χ3n) is 8.08. The molecule has 4 heterocycles. The summed E-state index contributed by atoms with van der Waals surface area (Å²) in [7, 11) is -0.500. The lowest BCUT2D eigenvalue weighted by Crippen LogP contribution is -2.47. The number of hydrogen-bond acceptors (Lipinski definition) is 8. The molecule has 0 bridgehead atoms. The van der Waals surface area contributed by atoms with Crippen LogP contribution in [0.3, 0.4) is 0 Å². The summed E-state index contributed by atoms with van der Waals surface area (Å²) < 4.78 is 47.0. The van der Waals surface area contributed by atoms with Crippen molar-refractivity contribution >= 4 is 21.1 Å². The molecule has 3 aliphatic rings. The monoisotopic (exact) mass is 543 g/mol. The van der Waals surface area contributed by atoms with E-state index in [1.54, 1.807) is 17.8 Å². The van der Waals surface area contributed by atoms with Gasteiger partial charge in [0.25, 0.3) is 5.56 Å². The summed E-state index contributed by atoms with van der Waals surface area (Å²) in [6.45, 7) is 1.69. The molecule has 2 aliphatic heterocycles. The predicted molar refractivity (Wildman–Crippen MR) is 140 cm³/mol. The first kappa shape index (κ1) is 25.5. The number of sulfonamides is 1. The number of benzene rings is 1. The average Bonchev–Trinajstić information content (AvgIpc) is 3.53. The normalized spacial score (nSPS) is 20.9. The molecule has 0 radical (unpaired) electrons. The van der Waals surface area contributed by atoms with Gasteiger partial charge in [-0.05, 0) is 25.0 Å². The van der Waals surface area contributed by atoms with E-state index in [4.69, 9.17) is 19.2 Å². The van der Waals surface area contributed by atoms with E-state index >= 15 is 0 Å². The molecule has 0 amide bonds. The maximum Gasteiger partial charge on any atom is 0.262 e. The molecule has 6 rings (SSSR count). The number of piperidine rings is 1. The Morgan fingerprint density at radius 1 is 1.11 bits per heavy atom. The fourth-order valence-corrected chi connectivity index (χ4v) is 7.46. The molecule has 0 unspecified atom stereocenters. The molecule has 38 heavy (non-hydrogen) atoms. The molecular formula is C26H33N5O6S. The highest BCUT2D eigenvalue weighted by Gasteiger charge is 2.42. The Bertz CT molecular complexity index is 1510. The minimum Gasteiger partial charge on any atom is -0.496 e. The van der Waals surface area contributed by atoms with Crippen LogP contribution in [0.5, 0.6) is 5.75 Å². The van der Waals surface area contributed by atoms with Gasteiger partial charge in [-0.15, -0.1) is 0 Å². The first-order chi connectivity index (χ1) is 18.3. The Morgan fingerprint density at radius 2 is 1.82 bits per heavy atom. The van der Waals surface area contributed by atoms with E-state index in [-0.39, 0.29) is 16.4 Å². The van der Waals surface area contributed by atoms with Crippen molar-refractivity contribution in [1.82, 2.24) is 24.1 Å². The van der Waals surface area contributed by atoms with Gasteiger partial charge in [0.15, 0.2) is 11.4 Å². The lowest BCUT2D eigenvalue weighted by Gasteiger charge is -2.36. The first-order valence-corrected chi connectivity index (χ1v) is 14.7. The fourth-order valence-electron chi connectivity index (χ4n) is 6.00. The Balaban J connectivity index is 1.32.